The maximum absolute atomic E-state index is 13.3. The summed E-state index contributed by atoms with van der Waals surface area (Å²) in [6.45, 7) is 0.267. The van der Waals surface area contributed by atoms with E-state index in [1.165, 1.54) is 18.2 Å². The van der Waals surface area contributed by atoms with Gasteiger partial charge in [0.05, 0.1) is 16.5 Å². The zero-order chi connectivity index (χ0) is 14.7. The lowest BCUT2D eigenvalue weighted by Crippen LogP contribution is -2.33. The van der Waals surface area contributed by atoms with Crippen LogP contribution in [-0.2, 0) is 4.79 Å². The molecule has 0 saturated heterocycles. The van der Waals surface area contributed by atoms with Crippen molar-refractivity contribution in [2.45, 2.75) is 19.3 Å². The summed E-state index contributed by atoms with van der Waals surface area (Å²) in [5.41, 5.74) is 0.0662. The smallest absolute Gasteiger partial charge is 0.306 e. The van der Waals surface area contributed by atoms with Gasteiger partial charge in [-0.1, -0.05) is 24.1 Å². The molecule has 0 radical (unpaired) electrons. The van der Waals surface area contributed by atoms with Crippen LogP contribution in [0.5, 0.6) is 0 Å². The Bertz CT molecular complexity index is 535. The molecule has 2 atom stereocenters. The second kappa shape index (κ2) is 6.22. The second-order valence-electron chi connectivity index (χ2n) is 4.95. The molecule has 2 rings (SSSR count). The van der Waals surface area contributed by atoms with Crippen LogP contribution in [-0.4, -0.2) is 23.5 Å². The molecule has 20 heavy (non-hydrogen) atoms. The van der Waals surface area contributed by atoms with Gasteiger partial charge < -0.3 is 10.4 Å². The van der Waals surface area contributed by atoms with Crippen LogP contribution in [0, 0.1) is 17.7 Å². The molecule has 108 valence electrons. The number of nitrogens with one attached hydrogen (secondary N) is 1. The van der Waals surface area contributed by atoms with Gasteiger partial charge in [0.15, 0.2) is 0 Å². The van der Waals surface area contributed by atoms with Gasteiger partial charge in [-0.15, -0.1) is 0 Å². The van der Waals surface area contributed by atoms with Crippen LogP contribution < -0.4 is 5.32 Å². The molecule has 0 spiro atoms. The molecule has 1 fully saturated rings. The predicted octanol–water partition coefficient (Wildman–Crippen LogP) is 2.71. The van der Waals surface area contributed by atoms with Crippen molar-refractivity contribution in [3.63, 3.8) is 0 Å². The van der Waals surface area contributed by atoms with E-state index in [9.17, 15) is 14.0 Å². The van der Waals surface area contributed by atoms with Crippen LogP contribution in [0.25, 0.3) is 0 Å². The van der Waals surface area contributed by atoms with Crippen LogP contribution in [0.3, 0.4) is 0 Å². The molecule has 2 unspecified atom stereocenters. The summed E-state index contributed by atoms with van der Waals surface area (Å²) in [7, 11) is 0. The van der Waals surface area contributed by atoms with Gasteiger partial charge in [-0.05, 0) is 30.9 Å². The molecule has 1 aromatic rings. The number of hydrogen-bond acceptors (Lipinski definition) is 2. The summed E-state index contributed by atoms with van der Waals surface area (Å²) >= 11 is 5.73. The minimum atomic E-state index is -0.828. The fourth-order valence-corrected chi connectivity index (χ4v) is 2.82. The number of carbonyl (C=O) groups is 2. The average Bonchev–Trinajstić information content (AvgIpc) is 2.87. The van der Waals surface area contributed by atoms with Gasteiger partial charge in [-0.25, -0.2) is 4.39 Å². The molecular weight excluding hydrogens is 285 g/mol. The van der Waals surface area contributed by atoms with Crippen LogP contribution >= 0.6 is 11.6 Å². The average molecular weight is 300 g/mol. The number of rotatable bonds is 4. The molecule has 4 nitrogen and oxygen atoms in total. The molecule has 1 aliphatic carbocycles. The standard InChI is InChI=1S/C14H15ClFNO3/c15-12-10(5-2-6-11(12)16)13(18)17-7-8-3-1-4-9(8)14(19)20/h2,5-6,8-9H,1,3-4,7H2,(H,17,18)(H,19,20). The van der Waals surface area contributed by atoms with Gasteiger partial charge in [0.1, 0.15) is 5.82 Å². The number of amides is 1. The summed E-state index contributed by atoms with van der Waals surface area (Å²) in [6, 6.07) is 4.02. The van der Waals surface area contributed by atoms with E-state index in [0.29, 0.717) is 6.42 Å². The van der Waals surface area contributed by atoms with E-state index < -0.39 is 23.6 Å². The van der Waals surface area contributed by atoms with Crippen molar-refractivity contribution in [3.8, 4) is 0 Å². The van der Waals surface area contributed by atoms with Crippen molar-refractivity contribution in [1.29, 1.82) is 0 Å². The SMILES string of the molecule is O=C(NCC1CCCC1C(=O)O)c1cccc(F)c1Cl. The van der Waals surface area contributed by atoms with E-state index in [-0.39, 0.29) is 23.0 Å². The van der Waals surface area contributed by atoms with E-state index in [0.717, 1.165) is 12.8 Å². The lowest BCUT2D eigenvalue weighted by atomic mass is 9.96. The molecule has 6 heteroatoms. The van der Waals surface area contributed by atoms with Crippen molar-refractivity contribution in [2.75, 3.05) is 6.54 Å². The minimum Gasteiger partial charge on any atom is -0.481 e. The highest BCUT2D eigenvalue weighted by molar-refractivity contribution is 6.34. The van der Waals surface area contributed by atoms with Crippen molar-refractivity contribution < 1.29 is 19.1 Å². The Morgan fingerprint density at radius 3 is 2.85 bits per heavy atom. The molecule has 0 aliphatic heterocycles. The fraction of sp³-hybridized carbons (Fsp3) is 0.429. The zero-order valence-corrected chi connectivity index (χ0v) is 11.5. The number of carboxylic acids is 1. The largest absolute Gasteiger partial charge is 0.481 e. The highest BCUT2D eigenvalue weighted by Gasteiger charge is 2.33. The number of halogens is 2. The third kappa shape index (κ3) is 3.10. The first-order chi connectivity index (χ1) is 9.50. The van der Waals surface area contributed by atoms with Gasteiger partial charge in [0.25, 0.3) is 5.91 Å². The first-order valence-electron chi connectivity index (χ1n) is 6.45. The second-order valence-corrected chi connectivity index (χ2v) is 5.33. The third-order valence-corrected chi connectivity index (χ3v) is 4.08. The lowest BCUT2D eigenvalue weighted by Gasteiger charge is -2.16. The van der Waals surface area contributed by atoms with Gasteiger partial charge in [0.2, 0.25) is 0 Å². The predicted molar refractivity (Wildman–Crippen MR) is 72.2 cm³/mol. The van der Waals surface area contributed by atoms with Gasteiger partial charge in [0, 0.05) is 6.54 Å². The van der Waals surface area contributed by atoms with Gasteiger partial charge in [-0.2, -0.15) is 0 Å². The topological polar surface area (TPSA) is 66.4 Å². The van der Waals surface area contributed by atoms with E-state index in [1.54, 1.807) is 0 Å². The number of carboxylic acid groups (broad SMARTS) is 1. The Labute approximate surface area is 120 Å². The molecule has 0 bridgehead atoms. The van der Waals surface area contributed by atoms with Gasteiger partial charge in [-0.3, -0.25) is 9.59 Å². The first-order valence-corrected chi connectivity index (χ1v) is 6.83. The van der Waals surface area contributed by atoms with Crippen LogP contribution in [0.4, 0.5) is 4.39 Å². The number of carbonyl (C=O) groups excluding carboxylic acids is 1. The molecule has 1 aromatic carbocycles. The normalized spacial score (nSPS) is 21.7. The minimum absolute atomic E-state index is 0.0662. The molecule has 0 heterocycles. The molecular formula is C14H15ClFNO3. The lowest BCUT2D eigenvalue weighted by molar-refractivity contribution is -0.142. The number of benzene rings is 1. The molecule has 1 amide bonds. The van der Waals surface area contributed by atoms with Crippen molar-refractivity contribution in [3.05, 3.63) is 34.6 Å². The molecule has 1 aliphatic rings. The monoisotopic (exact) mass is 299 g/mol. The van der Waals surface area contributed by atoms with Crippen molar-refractivity contribution in [1.82, 2.24) is 5.32 Å². The Balaban J connectivity index is 1.99. The number of hydrogen-bond donors (Lipinski definition) is 2. The van der Waals surface area contributed by atoms with Crippen molar-refractivity contribution in [2.24, 2.45) is 11.8 Å². The Morgan fingerprint density at radius 1 is 1.40 bits per heavy atom. The van der Waals surface area contributed by atoms with E-state index in [2.05, 4.69) is 5.32 Å². The maximum Gasteiger partial charge on any atom is 0.306 e. The Morgan fingerprint density at radius 2 is 2.15 bits per heavy atom. The highest BCUT2D eigenvalue weighted by atomic mass is 35.5. The van der Waals surface area contributed by atoms with E-state index in [4.69, 9.17) is 16.7 Å². The fourth-order valence-electron chi connectivity index (χ4n) is 2.60. The van der Waals surface area contributed by atoms with Crippen LogP contribution in [0.2, 0.25) is 5.02 Å². The summed E-state index contributed by atoms with van der Waals surface area (Å²) in [4.78, 5) is 23.0. The highest BCUT2D eigenvalue weighted by Crippen LogP contribution is 2.31. The van der Waals surface area contributed by atoms with Crippen LogP contribution in [0.15, 0.2) is 18.2 Å². The summed E-state index contributed by atoms with van der Waals surface area (Å²) in [5, 5.41) is 11.5. The molecule has 2 N–H and O–H groups in total. The molecule has 1 saturated carbocycles. The van der Waals surface area contributed by atoms with E-state index >= 15 is 0 Å². The maximum atomic E-state index is 13.3. The first kappa shape index (κ1) is 14.8. The summed E-state index contributed by atoms with van der Waals surface area (Å²) in [5.74, 6) is -2.46. The number of aliphatic carboxylic acids is 1. The van der Waals surface area contributed by atoms with Crippen LogP contribution in [0.1, 0.15) is 29.6 Å². The van der Waals surface area contributed by atoms with Gasteiger partial charge >= 0.3 is 5.97 Å². The quantitative estimate of drug-likeness (QED) is 0.898. The Kier molecular flexibility index (Phi) is 4.60. The summed E-state index contributed by atoms with van der Waals surface area (Å²) < 4.78 is 13.3. The van der Waals surface area contributed by atoms with E-state index in [1.807, 2.05) is 0 Å². The third-order valence-electron chi connectivity index (χ3n) is 3.70. The van der Waals surface area contributed by atoms with Crippen molar-refractivity contribution >= 4 is 23.5 Å². The zero-order valence-electron chi connectivity index (χ0n) is 10.7. The Hall–Kier alpha value is -1.62. The summed E-state index contributed by atoms with van der Waals surface area (Å²) in [6.07, 6.45) is 2.25. The molecule has 0 aromatic heterocycles.